The zero-order valence-corrected chi connectivity index (χ0v) is 14.0. The quantitative estimate of drug-likeness (QED) is 0.662. The fourth-order valence-electron chi connectivity index (χ4n) is 2.67. The maximum atomic E-state index is 13.6. The van der Waals surface area contributed by atoms with E-state index in [0.717, 1.165) is 0 Å². The average molecular weight is 349 g/mol. The van der Waals surface area contributed by atoms with Gasteiger partial charge in [0.05, 0.1) is 30.1 Å². The average Bonchev–Trinajstić information content (AvgIpc) is 3.19. The van der Waals surface area contributed by atoms with Crippen LogP contribution in [0, 0.1) is 6.92 Å². The van der Waals surface area contributed by atoms with Gasteiger partial charge in [0.25, 0.3) is 6.43 Å². The van der Waals surface area contributed by atoms with E-state index in [-0.39, 0.29) is 23.1 Å². The van der Waals surface area contributed by atoms with Gasteiger partial charge in [0.1, 0.15) is 6.54 Å². The van der Waals surface area contributed by atoms with Crippen molar-refractivity contribution in [1.29, 1.82) is 0 Å². The summed E-state index contributed by atoms with van der Waals surface area (Å²) in [6, 6.07) is 1.35. The van der Waals surface area contributed by atoms with Gasteiger partial charge in [0.15, 0.2) is 5.65 Å². The number of methoxy groups -OCH3 is 1. The molecule has 0 saturated heterocycles. The number of rotatable bonds is 5. The summed E-state index contributed by atoms with van der Waals surface area (Å²) in [5.41, 5.74) is 1.41. The maximum absolute atomic E-state index is 13.6. The predicted molar refractivity (Wildman–Crippen MR) is 86.1 cm³/mol. The molecule has 0 aliphatic heterocycles. The zero-order chi connectivity index (χ0) is 18.1. The lowest BCUT2D eigenvalue weighted by Gasteiger charge is -2.07. The number of carbonyl (C=O) groups excluding carboxylic acids is 1. The Morgan fingerprint density at radius 3 is 2.76 bits per heavy atom. The summed E-state index contributed by atoms with van der Waals surface area (Å²) in [6.07, 6.45) is 0.609. The normalized spacial score (nSPS) is 11.4. The van der Waals surface area contributed by atoms with Crippen molar-refractivity contribution in [2.45, 2.75) is 33.4 Å². The molecule has 9 heteroatoms. The molecule has 25 heavy (non-hydrogen) atoms. The lowest BCUT2D eigenvalue weighted by atomic mass is 10.1. The smallest absolute Gasteiger partial charge is 0.327 e. The van der Waals surface area contributed by atoms with E-state index >= 15 is 0 Å². The Labute approximate surface area is 142 Å². The number of aryl methyl sites for hydroxylation is 2. The molecule has 0 aromatic carbocycles. The van der Waals surface area contributed by atoms with Crippen LogP contribution in [-0.4, -0.2) is 37.6 Å². The Bertz CT molecular complexity index is 932. The highest BCUT2D eigenvalue weighted by Crippen LogP contribution is 2.32. The van der Waals surface area contributed by atoms with Crippen molar-refractivity contribution in [1.82, 2.24) is 24.5 Å². The van der Waals surface area contributed by atoms with Crippen molar-refractivity contribution in [2.75, 3.05) is 7.11 Å². The Kier molecular flexibility index (Phi) is 4.47. The molecule has 3 aromatic heterocycles. The van der Waals surface area contributed by atoms with Crippen LogP contribution in [0.1, 0.15) is 24.6 Å². The first-order chi connectivity index (χ1) is 11.9. The van der Waals surface area contributed by atoms with Crippen molar-refractivity contribution in [2.24, 2.45) is 0 Å². The fraction of sp³-hybridized carbons (Fsp3) is 0.375. The fourth-order valence-corrected chi connectivity index (χ4v) is 2.67. The van der Waals surface area contributed by atoms with Gasteiger partial charge in [0, 0.05) is 23.9 Å². The second-order valence-electron chi connectivity index (χ2n) is 5.50. The van der Waals surface area contributed by atoms with E-state index in [1.54, 1.807) is 24.0 Å². The van der Waals surface area contributed by atoms with Crippen molar-refractivity contribution in [3.05, 3.63) is 29.7 Å². The molecule has 0 bridgehead atoms. The first kappa shape index (κ1) is 17.0. The molecule has 0 fully saturated rings. The molecular weight excluding hydrogens is 332 g/mol. The highest BCUT2D eigenvalue weighted by Gasteiger charge is 2.22. The van der Waals surface area contributed by atoms with Crippen LogP contribution < -0.4 is 0 Å². The van der Waals surface area contributed by atoms with Crippen LogP contribution in [0.3, 0.4) is 0 Å². The molecule has 0 radical (unpaired) electrons. The maximum Gasteiger partial charge on any atom is 0.327 e. The second kappa shape index (κ2) is 6.58. The third kappa shape index (κ3) is 3.09. The second-order valence-corrected chi connectivity index (χ2v) is 5.50. The largest absolute Gasteiger partial charge is 0.468 e. The molecule has 0 N–H and O–H groups in total. The number of carbonyl (C=O) groups is 1. The molecule has 0 aliphatic rings. The molecular formula is C16H17F2N5O2. The Morgan fingerprint density at radius 1 is 1.40 bits per heavy atom. The van der Waals surface area contributed by atoms with Gasteiger partial charge in [-0.1, -0.05) is 0 Å². The van der Waals surface area contributed by atoms with Crippen molar-refractivity contribution in [3.63, 3.8) is 0 Å². The molecule has 132 valence electrons. The number of fused-ring (bicyclic) bond motifs is 1. The SMILES string of the molecule is CCn1cc(-c2cc(C(F)F)c3c(C)nn(CC(=O)OC)c3n2)cn1. The summed E-state index contributed by atoms with van der Waals surface area (Å²) in [5, 5.41) is 8.58. The Morgan fingerprint density at radius 2 is 2.16 bits per heavy atom. The zero-order valence-electron chi connectivity index (χ0n) is 14.0. The van der Waals surface area contributed by atoms with Gasteiger partial charge in [-0.2, -0.15) is 10.2 Å². The molecule has 0 spiro atoms. The molecule has 3 heterocycles. The van der Waals surface area contributed by atoms with Crippen LogP contribution in [0.25, 0.3) is 22.3 Å². The first-order valence-electron chi connectivity index (χ1n) is 7.70. The highest BCUT2D eigenvalue weighted by atomic mass is 19.3. The van der Waals surface area contributed by atoms with E-state index in [9.17, 15) is 13.6 Å². The molecule has 0 unspecified atom stereocenters. The van der Waals surface area contributed by atoms with Crippen molar-refractivity contribution in [3.8, 4) is 11.3 Å². The van der Waals surface area contributed by atoms with Crippen LogP contribution in [0.15, 0.2) is 18.5 Å². The number of pyridine rings is 1. The van der Waals surface area contributed by atoms with E-state index in [4.69, 9.17) is 0 Å². The summed E-state index contributed by atoms with van der Waals surface area (Å²) in [5.74, 6) is -0.533. The number of hydrogen-bond donors (Lipinski definition) is 0. The molecule has 0 aliphatic carbocycles. The van der Waals surface area contributed by atoms with E-state index in [2.05, 4.69) is 19.9 Å². The first-order valence-corrected chi connectivity index (χ1v) is 7.70. The molecule has 3 aromatic rings. The van der Waals surface area contributed by atoms with Gasteiger partial charge in [0.2, 0.25) is 0 Å². The minimum atomic E-state index is -2.69. The standard InChI is InChI=1S/C16H17F2N5O2/c1-4-22-7-10(6-19-22)12-5-11(15(17)18)14-9(2)21-23(16(14)20-12)8-13(24)25-3/h5-7,15H,4,8H2,1-3H3. The molecule has 3 rings (SSSR count). The molecule has 7 nitrogen and oxygen atoms in total. The number of aromatic nitrogens is 5. The Balaban J connectivity index is 2.22. The number of alkyl halides is 2. The van der Waals surface area contributed by atoms with Crippen molar-refractivity contribution >= 4 is 17.0 Å². The summed E-state index contributed by atoms with van der Waals surface area (Å²) < 4.78 is 34.8. The third-order valence-corrected chi connectivity index (χ3v) is 3.90. The van der Waals surface area contributed by atoms with Gasteiger partial charge in [-0.05, 0) is 19.9 Å². The highest BCUT2D eigenvalue weighted by molar-refractivity contribution is 5.86. The van der Waals surface area contributed by atoms with E-state index in [1.165, 1.54) is 17.9 Å². The predicted octanol–water partition coefficient (Wildman–Crippen LogP) is 2.73. The number of ether oxygens (including phenoxy) is 1. The summed E-state index contributed by atoms with van der Waals surface area (Å²) in [4.78, 5) is 16.0. The topological polar surface area (TPSA) is 74.8 Å². The van der Waals surface area contributed by atoms with Gasteiger partial charge in [-0.15, -0.1) is 0 Å². The molecule has 0 saturated carbocycles. The van der Waals surface area contributed by atoms with Crippen molar-refractivity contribution < 1.29 is 18.3 Å². The van der Waals surface area contributed by atoms with Crippen LogP contribution in [-0.2, 0) is 22.6 Å². The van der Waals surface area contributed by atoms with Crippen LogP contribution in [0.5, 0.6) is 0 Å². The Hall–Kier alpha value is -2.84. The number of esters is 1. The minimum Gasteiger partial charge on any atom is -0.468 e. The summed E-state index contributed by atoms with van der Waals surface area (Å²) in [7, 11) is 1.25. The number of nitrogens with zero attached hydrogens (tertiary/aromatic N) is 5. The molecule has 0 amide bonds. The van der Waals surface area contributed by atoms with Gasteiger partial charge in [-0.25, -0.2) is 18.4 Å². The van der Waals surface area contributed by atoms with E-state index in [1.807, 2.05) is 6.92 Å². The van der Waals surface area contributed by atoms with E-state index in [0.29, 0.717) is 23.5 Å². The summed E-state index contributed by atoms with van der Waals surface area (Å²) >= 11 is 0. The number of hydrogen-bond acceptors (Lipinski definition) is 5. The minimum absolute atomic E-state index is 0.169. The van der Waals surface area contributed by atoms with E-state index < -0.39 is 12.4 Å². The lowest BCUT2D eigenvalue weighted by molar-refractivity contribution is -0.141. The van der Waals surface area contributed by atoms with Gasteiger partial charge >= 0.3 is 5.97 Å². The lowest BCUT2D eigenvalue weighted by Crippen LogP contribution is -2.13. The monoisotopic (exact) mass is 349 g/mol. The van der Waals surface area contributed by atoms with Crippen LogP contribution in [0.2, 0.25) is 0 Å². The third-order valence-electron chi connectivity index (χ3n) is 3.90. The number of halogens is 2. The van der Waals surface area contributed by atoms with Crippen LogP contribution >= 0.6 is 0 Å². The van der Waals surface area contributed by atoms with Gasteiger partial charge in [-0.3, -0.25) is 9.48 Å². The van der Waals surface area contributed by atoms with Crippen LogP contribution in [0.4, 0.5) is 8.78 Å². The molecule has 0 atom stereocenters. The summed E-state index contributed by atoms with van der Waals surface area (Å²) in [6.45, 7) is 3.99. The van der Waals surface area contributed by atoms with Gasteiger partial charge < -0.3 is 4.74 Å².